The number of carbonyl (C=O) groups is 1. The van der Waals surface area contributed by atoms with Crippen molar-refractivity contribution >= 4 is 11.7 Å². The predicted octanol–water partition coefficient (Wildman–Crippen LogP) is 4.87. The molecule has 1 saturated carbocycles. The summed E-state index contributed by atoms with van der Waals surface area (Å²) in [5, 5.41) is 0. The molecule has 1 atom stereocenters. The van der Waals surface area contributed by atoms with Gasteiger partial charge in [-0.05, 0) is 63.3 Å². The summed E-state index contributed by atoms with van der Waals surface area (Å²) in [5.74, 6) is 1.45. The zero-order chi connectivity index (χ0) is 21.4. The van der Waals surface area contributed by atoms with Gasteiger partial charge in [0, 0.05) is 23.7 Å². The maximum atomic E-state index is 13.3. The van der Waals surface area contributed by atoms with E-state index in [0.717, 1.165) is 41.4 Å². The van der Waals surface area contributed by atoms with Crippen molar-refractivity contribution in [3.05, 3.63) is 52.7 Å². The Bertz CT molecular complexity index is 955. The molecule has 31 heavy (non-hydrogen) atoms. The van der Waals surface area contributed by atoms with Crippen LogP contribution >= 0.6 is 0 Å². The monoisotopic (exact) mass is 422 g/mol. The van der Waals surface area contributed by atoms with Gasteiger partial charge in [-0.3, -0.25) is 14.6 Å². The minimum absolute atomic E-state index is 0.0800. The van der Waals surface area contributed by atoms with Crippen LogP contribution in [0.4, 0.5) is 10.2 Å². The van der Waals surface area contributed by atoms with Gasteiger partial charge in [0.1, 0.15) is 17.5 Å². The number of hydrogen-bond donors (Lipinski definition) is 0. The zero-order valence-corrected chi connectivity index (χ0v) is 18.3. The molecule has 1 aliphatic carbocycles. The SMILES string of the molecule is Cc1nc([C@H]2CCCN2C2CCCCC2)nc2c1CCC(=O)N2Cc1ccc(F)cc1. The highest BCUT2D eigenvalue weighted by atomic mass is 19.1. The average molecular weight is 423 g/mol. The molecule has 3 heterocycles. The van der Waals surface area contributed by atoms with E-state index >= 15 is 0 Å². The topological polar surface area (TPSA) is 49.3 Å². The molecule has 5 nitrogen and oxygen atoms in total. The third-order valence-electron chi connectivity index (χ3n) is 7.24. The predicted molar refractivity (Wildman–Crippen MR) is 118 cm³/mol. The van der Waals surface area contributed by atoms with Crippen molar-refractivity contribution in [3.8, 4) is 0 Å². The van der Waals surface area contributed by atoms with E-state index in [2.05, 4.69) is 11.8 Å². The van der Waals surface area contributed by atoms with Gasteiger partial charge in [0.25, 0.3) is 0 Å². The van der Waals surface area contributed by atoms with E-state index in [0.29, 0.717) is 25.4 Å². The number of anilines is 1. The van der Waals surface area contributed by atoms with E-state index in [9.17, 15) is 9.18 Å². The van der Waals surface area contributed by atoms with E-state index < -0.39 is 0 Å². The van der Waals surface area contributed by atoms with Crippen LogP contribution in [-0.4, -0.2) is 33.4 Å². The van der Waals surface area contributed by atoms with E-state index in [-0.39, 0.29) is 17.8 Å². The number of amides is 1. The number of hydrogen-bond acceptors (Lipinski definition) is 4. The Labute approximate surface area is 183 Å². The number of fused-ring (bicyclic) bond motifs is 1. The normalized spacial score (nSPS) is 22.7. The molecule has 2 fully saturated rings. The van der Waals surface area contributed by atoms with Crippen LogP contribution in [0.25, 0.3) is 0 Å². The van der Waals surface area contributed by atoms with Crippen molar-refractivity contribution in [2.24, 2.45) is 0 Å². The Kier molecular flexibility index (Phi) is 5.74. The number of halogens is 1. The number of likely N-dealkylation sites (tertiary alicyclic amines) is 1. The Morgan fingerprint density at radius 2 is 1.77 bits per heavy atom. The van der Waals surface area contributed by atoms with E-state index in [1.54, 1.807) is 17.0 Å². The van der Waals surface area contributed by atoms with Crippen LogP contribution in [0.3, 0.4) is 0 Å². The summed E-state index contributed by atoms with van der Waals surface area (Å²) in [5.41, 5.74) is 2.98. The highest BCUT2D eigenvalue weighted by Crippen LogP contribution is 2.38. The lowest BCUT2D eigenvalue weighted by molar-refractivity contribution is -0.119. The first-order valence-corrected chi connectivity index (χ1v) is 11.8. The van der Waals surface area contributed by atoms with Crippen molar-refractivity contribution in [2.45, 2.75) is 83.3 Å². The summed E-state index contributed by atoms with van der Waals surface area (Å²) in [6, 6.07) is 7.26. The second kappa shape index (κ2) is 8.65. The molecule has 0 radical (unpaired) electrons. The van der Waals surface area contributed by atoms with Gasteiger partial charge in [0.15, 0.2) is 0 Å². The molecule has 1 saturated heterocycles. The van der Waals surface area contributed by atoms with Crippen molar-refractivity contribution in [2.75, 3.05) is 11.4 Å². The first-order chi connectivity index (χ1) is 15.1. The van der Waals surface area contributed by atoms with Crippen molar-refractivity contribution < 1.29 is 9.18 Å². The van der Waals surface area contributed by atoms with Crippen LogP contribution < -0.4 is 4.90 Å². The maximum Gasteiger partial charge on any atom is 0.228 e. The van der Waals surface area contributed by atoms with Crippen LogP contribution in [0.1, 0.15) is 80.1 Å². The minimum Gasteiger partial charge on any atom is -0.292 e. The highest BCUT2D eigenvalue weighted by Gasteiger charge is 2.36. The fourth-order valence-corrected chi connectivity index (χ4v) is 5.60. The summed E-state index contributed by atoms with van der Waals surface area (Å²) >= 11 is 0. The van der Waals surface area contributed by atoms with E-state index in [4.69, 9.17) is 9.97 Å². The largest absolute Gasteiger partial charge is 0.292 e. The van der Waals surface area contributed by atoms with E-state index in [1.165, 1.54) is 50.7 Å². The molecular weight excluding hydrogens is 391 g/mol. The second-order valence-corrected chi connectivity index (χ2v) is 9.26. The van der Waals surface area contributed by atoms with Gasteiger partial charge in [-0.1, -0.05) is 31.4 Å². The van der Waals surface area contributed by atoms with Crippen LogP contribution in [0.2, 0.25) is 0 Å². The van der Waals surface area contributed by atoms with Gasteiger partial charge >= 0.3 is 0 Å². The molecule has 1 aromatic heterocycles. The smallest absolute Gasteiger partial charge is 0.228 e. The molecule has 164 valence electrons. The molecular formula is C25H31FN4O. The van der Waals surface area contributed by atoms with Crippen molar-refractivity contribution in [1.82, 2.24) is 14.9 Å². The highest BCUT2D eigenvalue weighted by molar-refractivity contribution is 5.95. The molecule has 3 aliphatic rings. The molecule has 2 aliphatic heterocycles. The van der Waals surface area contributed by atoms with Crippen LogP contribution in [0.15, 0.2) is 24.3 Å². The Balaban J connectivity index is 1.47. The van der Waals surface area contributed by atoms with Gasteiger partial charge in [-0.2, -0.15) is 0 Å². The molecule has 0 spiro atoms. The molecule has 6 heteroatoms. The number of aromatic nitrogens is 2. The number of nitrogens with zero attached hydrogens (tertiary/aromatic N) is 4. The Hall–Kier alpha value is -2.34. The number of rotatable bonds is 4. The fourth-order valence-electron chi connectivity index (χ4n) is 5.60. The molecule has 0 bridgehead atoms. The van der Waals surface area contributed by atoms with Crippen molar-refractivity contribution in [1.29, 1.82) is 0 Å². The first-order valence-electron chi connectivity index (χ1n) is 11.8. The molecule has 1 aromatic carbocycles. The summed E-state index contributed by atoms with van der Waals surface area (Å²) in [6.45, 7) is 3.59. The second-order valence-electron chi connectivity index (χ2n) is 9.26. The van der Waals surface area contributed by atoms with Gasteiger partial charge < -0.3 is 0 Å². The lowest BCUT2D eigenvalue weighted by Gasteiger charge is -2.36. The standard InChI is InChI=1S/C25H31FN4O/c1-17-21-13-14-23(31)30(16-18-9-11-19(26)12-10-18)25(21)28-24(27-17)22-8-5-15-29(22)20-6-3-2-4-7-20/h9-12,20,22H,2-8,13-16H2,1H3/t22-/m1/s1. The summed E-state index contributed by atoms with van der Waals surface area (Å²) in [4.78, 5) is 27.3. The van der Waals surface area contributed by atoms with Gasteiger partial charge in [0.05, 0.1) is 12.6 Å². The maximum absolute atomic E-state index is 13.3. The molecule has 0 N–H and O–H groups in total. The number of aryl methyl sites for hydroxylation is 1. The van der Waals surface area contributed by atoms with Crippen LogP contribution in [-0.2, 0) is 17.8 Å². The quantitative estimate of drug-likeness (QED) is 0.705. The Morgan fingerprint density at radius 3 is 2.55 bits per heavy atom. The fraction of sp³-hybridized carbons (Fsp3) is 0.560. The molecule has 2 aromatic rings. The van der Waals surface area contributed by atoms with E-state index in [1.807, 2.05) is 0 Å². The lowest BCUT2D eigenvalue weighted by atomic mass is 9.93. The van der Waals surface area contributed by atoms with Crippen LogP contribution in [0.5, 0.6) is 0 Å². The first kappa shape index (κ1) is 20.6. The van der Waals surface area contributed by atoms with Crippen LogP contribution in [0, 0.1) is 12.7 Å². The summed E-state index contributed by atoms with van der Waals surface area (Å²) in [7, 11) is 0. The number of benzene rings is 1. The third-order valence-corrected chi connectivity index (χ3v) is 7.24. The lowest BCUT2D eigenvalue weighted by Crippen LogP contribution is -2.39. The molecule has 5 rings (SSSR count). The van der Waals surface area contributed by atoms with Crippen molar-refractivity contribution in [3.63, 3.8) is 0 Å². The third kappa shape index (κ3) is 4.10. The molecule has 0 unspecified atom stereocenters. The van der Waals surface area contributed by atoms with Gasteiger partial charge in [-0.25, -0.2) is 14.4 Å². The number of carbonyl (C=O) groups excluding carboxylic acids is 1. The van der Waals surface area contributed by atoms with Gasteiger partial charge in [0.2, 0.25) is 5.91 Å². The zero-order valence-electron chi connectivity index (χ0n) is 18.3. The minimum atomic E-state index is -0.265. The average Bonchev–Trinajstić information content (AvgIpc) is 3.28. The Morgan fingerprint density at radius 1 is 1.00 bits per heavy atom. The summed E-state index contributed by atoms with van der Waals surface area (Å²) < 4.78 is 13.3. The van der Waals surface area contributed by atoms with Gasteiger partial charge in [-0.15, -0.1) is 0 Å². The molecule has 1 amide bonds. The summed E-state index contributed by atoms with van der Waals surface area (Å²) in [6.07, 6.45) is 9.96.